The second-order valence-electron chi connectivity index (χ2n) is 2.97. The Morgan fingerprint density at radius 3 is 2.50 bits per heavy atom. The first-order valence-electron chi connectivity index (χ1n) is 5.02. The van der Waals surface area contributed by atoms with Crippen molar-refractivity contribution in [2.45, 2.75) is 33.2 Å². The van der Waals surface area contributed by atoms with Gasteiger partial charge >= 0.3 is 0 Å². The zero-order chi connectivity index (χ0) is 10.8. The Labute approximate surface area is 87.1 Å². The van der Waals surface area contributed by atoms with E-state index in [1.807, 2.05) is 37.4 Å². The van der Waals surface area contributed by atoms with Gasteiger partial charge in [0.25, 0.3) is 0 Å². The molecular weight excluding hydrogens is 172 g/mol. The molecule has 1 aliphatic heterocycles. The highest BCUT2D eigenvalue weighted by Crippen LogP contribution is 2.07. The standard InChI is InChI=1S/C9H12N2.C3H8/c1-3-8(10-2)9-6-4-5-7-11-9;1-3-2/h3-7,9,11H,2H2,1H3;3H2,1-2H3/b8-3-;. The van der Waals surface area contributed by atoms with E-state index in [1.165, 1.54) is 6.42 Å². The molecule has 0 bridgehead atoms. The number of hydrogen-bond acceptors (Lipinski definition) is 2. The lowest BCUT2D eigenvalue weighted by Gasteiger charge is -2.15. The van der Waals surface area contributed by atoms with E-state index in [4.69, 9.17) is 0 Å². The average Bonchev–Trinajstić information content (AvgIpc) is 2.22. The fourth-order valence-electron chi connectivity index (χ4n) is 0.999. The third kappa shape index (κ3) is 4.65. The van der Waals surface area contributed by atoms with Crippen LogP contribution in [0.2, 0.25) is 0 Å². The van der Waals surface area contributed by atoms with Gasteiger partial charge in [-0.3, -0.25) is 4.99 Å². The maximum absolute atomic E-state index is 3.89. The predicted octanol–water partition coefficient (Wildman–Crippen LogP) is 3.05. The zero-order valence-corrected chi connectivity index (χ0v) is 9.33. The maximum Gasteiger partial charge on any atom is 0.0864 e. The lowest BCUT2D eigenvalue weighted by molar-refractivity contribution is 0.776. The Hall–Kier alpha value is -1.31. The van der Waals surface area contributed by atoms with Gasteiger partial charge in [-0.1, -0.05) is 38.5 Å². The quantitative estimate of drug-likeness (QED) is 0.668. The molecule has 2 nitrogen and oxygen atoms in total. The Bertz CT molecular complexity index is 237. The second-order valence-corrected chi connectivity index (χ2v) is 2.97. The smallest absolute Gasteiger partial charge is 0.0864 e. The van der Waals surface area contributed by atoms with Crippen LogP contribution in [-0.4, -0.2) is 12.8 Å². The van der Waals surface area contributed by atoms with E-state index in [9.17, 15) is 0 Å². The van der Waals surface area contributed by atoms with Crippen LogP contribution < -0.4 is 5.32 Å². The number of allylic oxidation sites excluding steroid dienone is 3. The molecule has 0 radical (unpaired) electrons. The van der Waals surface area contributed by atoms with Gasteiger partial charge in [0.05, 0.1) is 11.7 Å². The van der Waals surface area contributed by atoms with Crippen LogP contribution in [0.1, 0.15) is 27.2 Å². The van der Waals surface area contributed by atoms with Gasteiger partial charge in [-0.2, -0.15) is 0 Å². The van der Waals surface area contributed by atoms with E-state index in [2.05, 4.69) is 30.9 Å². The molecule has 0 saturated heterocycles. The molecule has 0 fully saturated rings. The number of hydrogen-bond donors (Lipinski definition) is 1. The Morgan fingerprint density at radius 2 is 2.14 bits per heavy atom. The van der Waals surface area contributed by atoms with E-state index in [1.54, 1.807) is 0 Å². The molecule has 1 unspecified atom stereocenters. The van der Waals surface area contributed by atoms with Crippen LogP contribution in [0, 0.1) is 0 Å². The minimum Gasteiger partial charge on any atom is -0.379 e. The van der Waals surface area contributed by atoms with Gasteiger partial charge in [0, 0.05) is 0 Å². The summed E-state index contributed by atoms with van der Waals surface area (Å²) in [6, 6.07) is 0.197. The number of nitrogens with zero attached hydrogens (tertiary/aromatic N) is 1. The maximum atomic E-state index is 3.89. The molecule has 1 aliphatic rings. The molecular formula is C12H20N2. The molecule has 0 amide bonds. The fourth-order valence-corrected chi connectivity index (χ4v) is 0.999. The van der Waals surface area contributed by atoms with Crippen LogP contribution in [0.25, 0.3) is 0 Å². The van der Waals surface area contributed by atoms with Crippen LogP contribution in [0.15, 0.2) is 41.2 Å². The number of dihydropyridines is 1. The molecule has 2 heteroatoms. The largest absolute Gasteiger partial charge is 0.379 e. The molecule has 0 spiro atoms. The first kappa shape index (κ1) is 12.7. The van der Waals surface area contributed by atoms with Gasteiger partial charge in [0.15, 0.2) is 0 Å². The summed E-state index contributed by atoms with van der Waals surface area (Å²) >= 11 is 0. The Kier molecular flexibility index (Phi) is 7.52. The van der Waals surface area contributed by atoms with Crippen LogP contribution in [0.3, 0.4) is 0 Å². The Morgan fingerprint density at radius 1 is 1.50 bits per heavy atom. The summed E-state index contributed by atoms with van der Waals surface area (Å²) in [5.41, 5.74) is 0.964. The SMILES string of the molecule is C=N/C(=C\C)C1C=CC=CN1.CCC. The van der Waals surface area contributed by atoms with Crippen molar-refractivity contribution in [1.82, 2.24) is 5.32 Å². The molecule has 1 rings (SSSR count). The first-order valence-corrected chi connectivity index (χ1v) is 5.02. The molecule has 1 heterocycles. The van der Waals surface area contributed by atoms with Crippen LogP contribution in [-0.2, 0) is 0 Å². The van der Waals surface area contributed by atoms with E-state index < -0.39 is 0 Å². The topological polar surface area (TPSA) is 24.4 Å². The summed E-state index contributed by atoms with van der Waals surface area (Å²) < 4.78 is 0. The van der Waals surface area contributed by atoms with E-state index in [-0.39, 0.29) is 6.04 Å². The summed E-state index contributed by atoms with van der Waals surface area (Å²) in [5.74, 6) is 0. The highest BCUT2D eigenvalue weighted by Gasteiger charge is 2.06. The zero-order valence-electron chi connectivity index (χ0n) is 9.33. The minimum absolute atomic E-state index is 0.197. The third-order valence-electron chi connectivity index (χ3n) is 1.58. The van der Waals surface area contributed by atoms with Crippen LogP contribution in [0.4, 0.5) is 0 Å². The molecule has 0 aliphatic carbocycles. The van der Waals surface area contributed by atoms with Gasteiger partial charge in [0.2, 0.25) is 0 Å². The van der Waals surface area contributed by atoms with Crippen molar-refractivity contribution in [1.29, 1.82) is 0 Å². The highest BCUT2D eigenvalue weighted by atomic mass is 14.9. The van der Waals surface area contributed by atoms with Crippen molar-refractivity contribution in [3.05, 3.63) is 36.2 Å². The lowest BCUT2D eigenvalue weighted by atomic mass is 10.1. The normalized spacial score (nSPS) is 19.4. The van der Waals surface area contributed by atoms with Crippen LogP contribution >= 0.6 is 0 Å². The van der Waals surface area contributed by atoms with Crippen LogP contribution in [0.5, 0.6) is 0 Å². The summed E-state index contributed by atoms with van der Waals surface area (Å²) in [5, 5.41) is 3.15. The van der Waals surface area contributed by atoms with Crippen molar-refractivity contribution in [3.8, 4) is 0 Å². The van der Waals surface area contributed by atoms with Gasteiger partial charge in [-0.05, 0) is 25.9 Å². The van der Waals surface area contributed by atoms with Gasteiger partial charge in [-0.15, -0.1) is 0 Å². The molecule has 78 valence electrons. The molecule has 1 atom stereocenters. The van der Waals surface area contributed by atoms with Gasteiger partial charge < -0.3 is 5.32 Å². The summed E-state index contributed by atoms with van der Waals surface area (Å²) in [6.07, 6.45) is 11.1. The minimum atomic E-state index is 0.197. The Balaban J connectivity index is 0.000000500. The van der Waals surface area contributed by atoms with Gasteiger partial charge in [-0.25, -0.2) is 0 Å². The van der Waals surface area contributed by atoms with E-state index in [0.717, 1.165) is 5.70 Å². The molecule has 0 aromatic heterocycles. The van der Waals surface area contributed by atoms with Crippen molar-refractivity contribution in [3.63, 3.8) is 0 Å². The van der Waals surface area contributed by atoms with Gasteiger partial charge in [0.1, 0.15) is 0 Å². The summed E-state index contributed by atoms with van der Waals surface area (Å²) in [6.45, 7) is 9.70. The van der Waals surface area contributed by atoms with E-state index >= 15 is 0 Å². The number of aliphatic imine (C=N–C) groups is 1. The van der Waals surface area contributed by atoms with Crippen molar-refractivity contribution >= 4 is 6.72 Å². The predicted molar refractivity (Wildman–Crippen MR) is 64.5 cm³/mol. The van der Waals surface area contributed by atoms with Crippen molar-refractivity contribution < 1.29 is 0 Å². The molecule has 0 aromatic carbocycles. The third-order valence-corrected chi connectivity index (χ3v) is 1.58. The number of rotatable bonds is 2. The molecule has 14 heavy (non-hydrogen) atoms. The van der Waals surface area contributed by atoms with Crippen molar-refractivity contribution in [2.24, 2.45) is 4.99 Å². The molecule has 0 aromatic rings. The molecule has 0 saturated carbocycles. The lowest BCUT2D eigenvalue weighted by Crippen LogP contribution is -2.24. The van der Waals surface area contributed by atoms with E-state index in [0.29, 0.717) is 0 Å². The summed E-state index contributed by atoms with van der Waals surface area (Å²) in [4.78, 5) is 3.89. The summed E-state index contributed by atoms with van der Waals surface area (Å²) in [7, 11) is 0. The second kappa shape index (κ2) is 8.30. The fraction of sp³-hybridized carbons (Fsp3) is 0.417. The number of nitrogens with one attached hydrogen (secondary N) is 1. The molecule has 1 N–H and O–H groups in total. The van der Waals surface area contributed by atoms with Crippen molar-refractivity contribution in [2.75, 3.05) is 0 Å². The first-order chi connectivity index (χ1) is 6.79. The monoisotopic (exact) mass is 192 g/mol. The average molecular weight is 192 g/mol. The highest BCUT2D eigenvalue weighted by molar-refractivity contribution is 5.33.